The predicted octanol–water partition coefficient (Wildman–Crippen LogP) is 4.38. The summed E-state index contributed by atoms with van der Waals surface area (Å²) in [5.74, 6) is 1.05. The van der Waals surface area contributed by atoms with Gasteiger partial charge in [-0.2, -0.15) is 0 Å². The van der Waals surface area contributed by atoms with Crippen LogP contribution in [0, 0.1) is 5.92 Å². The number of hydrogen-bond donors (Lipinski definition) is 0. The largest absolute Gasteiger partial charge is 0.466 e. The Morgan fingerprint density at radius 2 is 2.26 bits per heavy atom. The maximum Gasteiger partial charge on any atom is 0.306 e. The third-order valence-corrected chi connectivity index (χ3v) is 4.34. The van der Waals surface area contributed by atoms with Gasteiger partial charge in [-0.1, -0.05) is 23.7 Å². The fourth-order valence-corrected chi connectivity index (χ4v) is 3.16. The Morgan fingerprint density at radius 1 is 1.39 bits per heavy atom. The quantitative estimate of drug-likeness (QED) is 0.761. The highest BCUT2D eigenvalue weighted by atomic mass is 35.5. The molecule has 1 saturated heterocycles. The van der Waals surface area contributed by atoms with Gasteiger partial charge in [0, 0.05) is 29.7 Å². The smallest absolute Gasteiger partial charge is 0.306 e. The lowest BCUT2D eigenvalue weighted by molar-refractivity contribution is -0.144. The average molecular weight is 334 g/mol. The lowest BCUT2D eigenvalue weighted by Crippen LogP contribution is -2.20. The van der Waals surface area contributed by atoms with E-state index in [1.54, 1.807) is 6.26 Å². The Kier molecular flexibility index (Phi) is 4.91. The third-order valence-electron chi connectivity index (χ3n) is 4.10. The monoisotopic (exact) mass is 333 g/mol. The molecule has 0 N–H and O–H groups in total. The van der Waals surface area contributed by atoms with E-state index >= 15 is 0 Å². The lowest BCUT2D eigenvalue weighted by Gasteiger charge is -2.14. The van der Waals surface area contributed by atoms with Crippen molar-refractivity contribution in [3.63, 3.8) is 0 Å². The summed E-state index contributed by atoms with van der Waals surface area (Å²) >= 11 is 6.04. The van der Waals surface area contributed by atoms with Crippen LogP contribution in [0.2, 0.25) is 5.02 Å². The van der Waals surface area contributed by atoms with Crippen LogP contribution in [0.5, 0.6) is 0 Å². The Labute approximate surface area is 141 Å². The molecule has 5 heteroatoms. The normalized spacial score (nSPS) is 17.5. The first-order chi connectivity index (χ1) is 11.2. The first-order valence-electron chi connectivity index (χ1n) is 7.90. The summed E-state index contributed by atoms with van der Waals surface area (Å²) in [6, 6.07) is 9.73. The van der Waals surface area contributed by atoms with E-state index in [0.717, 1.165) is 36.5 Å². The number of halogens is 1. The minimum Gasteiger partial charge on any atom is -0.466 e. The molecule has 1 unspecified atom stereocenters. The number of carbonyl (C=O) groups excluding carboxylic acids is 1. The molecule has 0 radical (unpaired) electrons. The number of benzene rings is 1. The number of esters is 1. The molecular weight excluding hydrogens is 314 g/mol. The van der Waals surface area contributed by atoms with Crippen molar-refractivity contribution in [2.24, 2.45) is 5.92 Å². The summed E-state index contributed by atoms with van der Waals surface area (Å²) in [4.78, 5) is 13.8. The summed E-state index contributed by atoms with van der Waals surface area (Å²) in [5.41, 5.74) is 2.05. The fourth-order valence-electron chi connectivity index (χ4n) is 2.97. The van der Waals surface area contributed by atoms with Crippen molar-refractivity contribution in [3.8, 4) is 11.1 Å². The van der Waals surface area contributed by atoms with Gasteiger partial charge in [0.25, 0.3) is 0 Å². The van der Waals surface area contributed by atoms with Crippen molar-refractivity contribution in [1.29, 1.82) is 0 Å². The molecule has 3 rings (SSSR count). The second-order valence-corrected chi connectivity index (χ2v) is 6.23. The van der Waals surface area contributed by atoms with Crippen LogP contribution >= 0.6 is 11.6 Å². The van der Waals surface area contributed by atoms with Gasteiger partial charge in [0.1, 0.15) is 6.26 Å². The zero-order valence-corrected chi connectivity index (χ0v) is 13.9. The molecule has 0 bridgehead atoms. The molecule has 1 aromatic carbocycles. The van der Waals surface area contributed by atoms with Crippen LogP contribution in [0.3, 0.4) is 0 Å². The highest BCUT2D eigenvalue weighted by molar-refractivity contribution is 6.30. The van der Waals surface area contributed by atoms with Gasteiger partial charge < -0.3 is 14.1 Å². The van der Waals surface area contributed by atoms with Gasteiger partial charge in [0.2, 0.25) is 0 Å². The number of hydrogen-bond acceptors (Lipinski definition) is 4. The van der Waals surface area contributed by atoms with Crippen LogP contribution in [0.4, 0.5) is 5.88 Å². The van der Waals surface area contributed by atoms with Crippen LogP contribution in [0.25, 0.3) is 11.1 Å². The SMILES string of the molecule is CCOC(=O)CC1CCN(c2cc(-c3cccc(Cl)c3)co2)C1. The minimum atomic E-state index is -0.113. The van der Waals surface area contributed by atoms with Crippen LogP contribution in [-0.2, 0) is 9.53 Å². The molecule has 1 aliphatic heterocycles. The van der Waals surface area contributed by atoms with Gasteiger partial charge in [-0.05, 0) is 37.0 Å². The third kappa shape index (κ3) is 3.88. The first kappa shape index (κ1) is 15.9. The highest BCUT2D eigenvalue weighted by Crippen LogP contribution is 2.32. The Hall–Kier alpha value is -1.94. The number of anilines is 1. The average Bonchev–Trinajstić information content (AvgIpc) is 3.16. The van der Waals surface area contributed by atoms with Gasteiger partial charge in [0.05, 0.1) is 13.0 Å². The molecule has 1 aliphatic rings. The molecule has 23 heavy (non-hydrogen) atoms. The van der Waals surface area contributed by atoms with Crippen molar-refractivity contribution >= 4 is 23.5 Å². The Morgan fingerprint density at radius 3 is 3.04 bits per heavy atom. The number of nitrogens with zero attached hydrogens (tertiary/aromatic N) is 1. The fraction of sp³-hybridized carbons (Fsp3) is 0.389. The Balaban J connectivity index is 1.64. The van der Waals surface area contributed by atoms with Crippen molar-refractivity contribution in [2.45, 2.75) is 19.8 Å². The van der Waals surface area contributed by atoms with Crippen molar-refractivity contribution in [2.75, 3.05) is 24.6 Å². The molecule has 1 aromatic heterocycles. The minimum absolute atomic E-state index is 0.113. The summed E-state index contributed by atoms with van der Waals surface area (Å²) in [6.45, 7) is 3.99. The van der Waals surface area contributed by atoms with E-state index < -0.39 is 0 Å². The molecule has 122 valence electrons. The van der Waals surface area contributed by atoms with Gasteiger partial charge in [-0.15, -0.1) is 0 Å². The van der Waals surface area contributed by atoms with Crippen molar-refractivity contribution in [1.82, 2.24) is 0 Å². The van der Waals surface area contributed by atoms with Crippen LogP contribution in [0.15, 0.2) is 41.0 Å². The summed E-state index contributed by atoms with van der Waals surface area (Å²) in [7, 11) is 0. The summed E-state index contributed by atoms with van der Waals surface area (Å²) in [5, 5.41) is 0.709. The molecule has 1 fully saturated rings. The maximum absolute atomic E-state index is 11.6. The molecule has 0 aliphatic carbocycles. The highest BCUT2D eigenvalue weighted by Gasteiger charge is 2.27. The number of carbonyl (C=O) groups is 1. The standard InChI is InChI=1S/C18H20ClNO3/c1-2-22-18(21)8-13-6-7-20(11-13)17-10-15(12-23-17)14-4-3-5-16(19)9-14/h3-5,9-10,12-13H,2,6-8,11H2,1H3. The van der Waals surface area contributed by atoms with Gasteiger partial charge >= 0.3 is 5.97 Å². The molecule has 4 nitrogen and oxygen atoms in total. The molecule has 2 heterocycles. The first-order valence-corrected chi connectivity index (χ1v) is 8.28. The molecule has 0 amide bonds. The number of ether oxygens (including phenoxy) is 1. The van der Waals surface area contributed by atoms with Gasteiger partial charge in [-0.25, -0.2) is 0 Å². The maximum atomic E-state index is 11.6. The van der Waals surface area contributed by atoms with E-state index in [9.17, 15) is 4.79 Å². The lowest BCUT2D eigenvalue weighted by atomic mass is 10.1. The molecule has 2 aromatic rings. The van der Waals surface area contributed by atoms with Crippen molar-refractivity contribution in [3.05, 3.63) is 41.6 Å². The van der Waals surface area contributed by atoms with E-state index in [0.29, 0.717) is 24.0 Å². The summed E-state index contributed by atoms with van der Waals surface area (Å²) < 4.78 is 10.7. The number of furan rings is 1. The molecule has 0 spiro atoms. The van der Waals surface area contributed by atoms with E-state index in [-0.39, 0.29) is 5.97 Å². The zero-order chi connectivity index (χ0) is 16.2. The second-order valence-electron chi connectivity index (χ2n) is 5.79. The predicted molar refractivity (Wildman–Crippen MR) is 90.7 cm³/mol. The zero-order valence-electron chi connectivity index (χ0n) is 13.1. The number of rotatable bonds is 5. The summed E-state index contributed by atoms with van der Waals surface area (Å²) in [6.07, 6.45) is 3.21. The molecule has 1 atom stereocenters. The van der Waals surface area contributed by atoms with Gasteiger partial charge in [-0.3, -0.25) is 4.79 Å². The van der Waals surface area contributed by atoms with Crippen LogP contribution < -0.4 is 4.90 Å². The molecular formula is C18H20ClNO3. The van der Waals surface area contributed by atoms with Crippen molar-refractivity contribution < 1.29 is 13.9 Å². The van der Waals surface area contributed by atoms with Crippen LogP contribution in [0.1, 0.15) is 19.8 Å². The topological polar surface area (TPSA) is 42.7 Å². The van der Waals surface area contributed by atoms with E-state index in [1.165, 1.54) is 0 Å². The van der Waals surface area contributed by atoms with Gasteiger partial charge in [0.15, 0.2) is 5.88 Å². The Bertz CT molecular complexity index is 682. The van der Waals surface area contributed by atoms with E-state index in [4.69, 9.17) is 20.8 Å². The second kappa shape index (κ2) is 7.09. The molecule has 0 saturated carbocycles. The van der Waals surface area contributed by atoms with E-state index in [1.807, 2.05) is 37.3 Å². The van der Waals surface area contributed by atoms with Crippen LogP contribution in [-0.4, -0.2) is 25.7 Å². The van der Waals surface area contributed by atoms with E-state index in [2.05, 4.69) is 4.90 Å².